The smallest absolute Gasteiger partial charge is 0.253 e. The molecule has 2 amide bonds. The third-order valence-corrected chi connectivity index (χ3v) is 4.68. The Bertz CT molecular complexity index is 801. The number of amides is 2. The molecule has 0 aliphatic carbocycles. The second-order valence-electron chi connectivity index (χ2n) is 6.27. The summed E-state index contributed by atoms with van der Waals surface area (Å²) in [6.45, 7) is 3.32. The zero-order valence-corrected chi connectivity index (χ0v) is 13.9. The number of fused-ring (bicyclic) bond motifs is 1. The molecule has 9 nitrogen and oxygen atoms in total. The van der Waals surface area contributed by atoms with Gasteiger partial charge in [-0.2, -0.15) is 4.80 Å². The van der Waals surface area contributed by atoms with Crippen LogP contribution in [-0.2, 0) is 11.8 Å². The highest BCUT2D eigenvalue weighted by Crippen LogP contribution is 2.18. The van der Waals surface area contributed by atoms with Crippen molar-refractivity contribution >= 4 is 11.8 Å². The van der Waals surface area contributed by atoms with Gasteiger partial charge >= 0.3 is 0 Å². The number of hydrogen-bond acceptors (Lipinski definition) is 6. The fraction of sp³-hybridized carbons (Fsp3) is 0.438. The van der Waals surface area contributed by atoms with Crippen molar-refractivity contribution in [2.24, 2.45) is 7.05 Å². The first kappa shape index (κ1) is 15.7. The molecule has 2 aliphatic rings. The molecule has 0 bridgehead atoms. The highest BCUT2D eigenvalue weighted by Gasteiger charge is 2.36. The molecule has 3 heterocycles. The van der Waals surface area contributed by atoms with Crippen molar-refractivity contribution in [3.63, 3.8) is 0 Å². The van der Waals surface area contributed by atoms with Crippen LogP contribution in [0.1, 0.15) is 10.4 Å². The van der Waals surface area contributed by atoms with Crippen LogP contribution in [0.15, 0.2) is 24.3 Å². The lowest BCUT2D eigenvalue weighted by atomic mass is 10.1. The predicted octanol–water partition coefficient (Wildman–Crippen LogP) is -0.867. The fourth-order valence-electron chi connectivity index (χ4n) is 3.31. The number of tetrazole rings is 1. The number of aromatic nitrogens is 4. The largest absolute Gasteiger partial charge is 0.353 e. The Labute approximate surface area is 144 Å². The van der Waals surface area contributed by atoms with E-state index in [1.165, 1.54) is 4.80 Å². The molecule has 0 spiro atoms. The summed E-state index contributed by atoms with van der Waals surface area (Å²) in [4.78, 5) is 30.1. The van der Waals surface area contributed by atoms with E-state index in [4.69, 9.17) is 0 Å². The average molecular weight is 341 g/mol. The standard InChI is InChI=1S/C16H19N7O2/c1-21-19-14(18-20-21)11-2-4-12(5-3-11)16(25)23-9-8-22-7-6-17-15(24)13(22)10-23/h2-5,13H,6-10H2,1H3,(H,17,24). The Hall–Kier alpha value is -2.81. The van der Waals surface area contributed by atoms with Gasteiger partial charge in [0.1, 0.15) is 6.04 Å². The maximum Gasteiger partial charge on any atom is 0.253 e. The Morgan fingerprint density at radius 3 is 2.72 bits per heavy atom. The van der Waals surface area contributed by atoms with Gasteiger partial charge < -0.3 is 10.2 Å². The van der Waals surface area contributed by atoms with Gasteiger partial charge in [0, 0.05) is 43.9 Å². The number of piperazine rings is 2. The van der Waals surface area contributed by atoms with Gasteiger partial charge in [0.2, 0.25) is 11.7 Å². The van der Waals surface area contributed by atoms with Crippen molar-refractivity contribution in [3.8, 4) is 11.4 Å². The van der Waals surface area contributed by atoms with E-state index < -0.39 is 0 Å². The van der Waals surface area contributed by atoms with E-state index in [9.17, 15) is 9.59 Å². The van der Waals surface area contributed by atoms with Crippen molar-refractivity contribution in [3.05, 3.63) is 29.8 Å². The Morgan fingerprint density at radius 1 is 1.20 bits per heavy atom. The first-order valence-corrected chi connectivity index (χ1v) is 8.27. The van der Waals surface area contributed by atoms with E-state index in [1.807, 2.05) is 12.1 Å². The number of carbonyl (C=O) groups is 2. The van der Waals surface area contributed by atoms with E-state index in [0.29, 0.717) is 31.0 Å². The van der Waals surface area contributed by atoms with Crippen LogP contribution in [0.5, 0.6) is 0 Å². The molecular weight excluding hydrogens is 322 g/mol. The number of nitrogens with one attached hydrogen (secondary N) is 1. The molecule has 0 saturated carbocycles. The minimum Gasteiger partial charge on any atom is -0.353 e. The molecule has 1 aromatic carbocycles. The monoisotopic (exact) mass is 341 g/mol. The summed E-state index contributed by atoms with van der Waals surface area (Å²) in [6.07, 6.45) is 0. The fourth-order valence-corrected chi connectivity index (χ4v) is 3.31. The second-order valence-corrected chi connectivity index (χ2v) is 6.27. The number of rotatable bonds is 2. The number of hydrogen-bond donors (Lipinski definition) is 1. The second kappa shape index (κ2) is 6.25. The van der Waals surface area contributed by atoms with Crippen LogP contribution in [-0.4, -0.2) is 80.6 Å². The molecule has 1 unspecified atom stereocenters. The molecule has 1 atom stereocenters. The minimum atomic E-state index is -0.241. The quantitative estimate of drug-likeness (QED) is 0.763. The number of benzene rings is 1. The lowest BCUT2D eigenvalue weighted by Crippen LogP contribution is -2.64. The van der Waals surface area contributed by atoms with Crippen LogP contribution in [0, 0.1) is 0 Å². The van der Waals surface area contributed by atoms with E-state index >= 15 is 0 Å². The Morgan fingerprint density at radius 2 is 2.00 bits per heavy atom. The van der Waals surface area contributed by atoms with E-state index in [2.05, 4.69) is 25.6 Å². The van der Waals surface area contributed by atoms with Crippen LogP contribution in [0.2, 0.25) is 0 Å². The summed E-state index contributed by atoms with van der Waals surface area (Å²) in [6, 6.07) is 6.92. The van der Waals surface area contributed by atoms with Crippen LogP contribution < -0.4 is 5.32 Å². The number of aryl methyl sites for hydroxylation is 1. The highest BCUT2D eigenvalue weighted by molar-refractivity contribution is 5.95. The van der Waals surface area contributed by atoms with Gasteiger partial charge in [-0.05, 0) is 17.3 Å². The summed E-state index contributed by atoms with van der Waals surface area (Å²) in [7, 11) is 1.70. The normalized spacial score (nSPS) is 20.9. The van der Waals surface area contributed by atoms with Crippen LogP contribution >= 0.6 is 0 Å². The molecule has 1 aromatic heterocycles. The first-order valence-electron chi connectivity index (χ1n) is 8.27. The van der Waals surface area contributed by atoms with Gasteiger partial charge in [-0.25, -0.2) is 0 Å². The van der Waals surface area contributed by atoms with Gasteiger partial charge in [-0.3, -0.25) is 14.5 Å². The van der Waals surface area contributed by atoms with Gasteiger partial charge in [0.25, 0.3) is 5.91 Å². The molecule has 130 valence electrons. The molecule has 25 heavy (non-hydrogen) atoms. The van der Waals surface area contributed by atoms with Crippen molar-refractivity contribution in [2.45, 2.75) is 6.04 Å². The maximum absolute atomic E-state index is 12.8. The highest BCUT2D eigenvalue weighted by atomic mass is 16.2. The Kier molecular flexibility index (Phi) is 3.92. The van der Waals surface area contributed by atoms with Crippen LogP contribution in [0.25, 0.3) is 11.4 Å². The lowest BCUT2D eigenvalue weighted by Gasteiger charge is -2.43. The summed E-state index contributed by atoms with van der Waals surface area (Å²) in [5.41, 5.74) is 1.40. The molecule has 2 fully saturated rings. The third-order valence-electron chi connectivity index (χ3n) is 4.68. The van der Waals surface area contributed by atoms with Gasteiger partial charge in [-0.15, -0.1) is 10.2 Å². The summed E-state index contributed by atoms with van der Waals surface area (Å²) >= 11 is 0. The predicted molar refractivity (Wildman–Crippen MR) is 88.5 cm³/mol. The molecule has 2 aromatic rings. The molecule has 0 radical (unpaired) electrons. The van der Waals surface area contributed by atoms with Crippen LogP contribution in [0.3, 0.4) is 0 Å². The third kappa shape index (κ3) is 2.98. The topological polar surface area (TPSA) is 96.3 Å². The molecule has 2 aliphatic heterocycles. The molecule has 4 rings (SSSR count). The zero-order valence-electron chi connectivity index (χ0n) is 13.9. The van der Waals surface area contributed by atoms with Crippen molar-refractivity contribution in [2.75, 3.05) is 32.7 Å². The van der Waals surface area contributed by atoms with Crippen molar-refractivity contribution in [1.82, 2.24) is 35.3 Å². The SMILES string of the molecule is Cn1nnc(-c2ccc(C(=O)N3CCN4CCNC(=O)C4C3)cc2)n1. The molecular formula is C16H19N7O2. The van der Waals surface area contributed by atoms with Crippen LogP contribution in [0.4, 0.5) is 0 Å². The van der Waals surface area contributed by atoms with Gasteiger partial charge in [0.05, 0.1) is 7.05 Å². The Balaban J connectivity index is 1.48. The molecule has 9 heteroatoms. The minimum absolute atomic E-state index is 0.00724. The van der Waals surface area contributed by atoms with Gasteiger partial charge in [0.15, 0.2) is 0 Å². The maximum atomic E-state index is 12.8. The first-order chi connectivity index (χ1) is 12.1. The van der Waals surface area contributed by atoms with Gasteiger partial charge in [-0.1, -0.05) is 12.1 Å². The van der Waals surface area contributed by atoms with Crippen molar-refractivity contribution < 1.29 is 9.59 Å². The van der Waals surface area contributed by atoms with E-state index in [-0.39, 0.29) is 17.9 Å². The lowest BCUT2D eigenvalue weighted by molar-refractivity contribution is -0.131. The number of carbonyl (C=O) groups excluding carboxylic acids is 2. The molecule has 1 N–H and O–H groups in total. The zero-order chi connectivity index (χ0) is 17.4. The summed E-state index contributed by atoms with van der Waals surface area (Å²) in [5, 5.41) is 14.8. The summed E-state index contributed by atoms with van der Waals surface area (Å²) < 4.78 is 0. The van der Waals surface area contributed by atoms with E-state index in [0.717, 1.165) is 18.7 Å². The average Bonchev–Trinajstić information content (AvgIpc) is 3.08. The summed E-state index contributed by atoms with van der Waals surface area (Å²) in [5.74, 6) is 0.471. The van der Waals surface area contributed by atoms with Crippen molar-refractivity contribution in [1.29, 1.82) is 0 Å². The molecule has 2 saturated heterocycles. The van der Waals surface area contributed by atoms with E-state index in [1.54, 1.807) is 24.1 Å². The number of nitrogens with zero attached hydrogens (tertiary/aromatic N) is 6.